The summed E-state index contributed by atoms with van der Waals surface area (Å²) in [5.74, 6) is 9.25. The van der Waals surface area contributed by atoms with Crippen molar-refractivity contribution in [1.82, 2.24) is 0 Å². The molecule has 0 saturated heterocycles. The van der Waals surface area contributed by atoms with Gasteiger partial charge in [-0.15, -0.1) is 6.58 Å². The highest BCUT2D eigenvalue weighted by Gasteiger charge is 2.35. The Hall–Kier alpha value is -4.06. The molecule has 12 saturated carbocycles. The monoisotopic (exact) mass is 1580 g/mol. The van der Waals surface area contributed by atoms with Gasteiger partial charge >= 0.3 is 0 Å². The molecule has 0 heterocycles. The second-order valence-electron chi connectivity index (χ2n) is 39.2. The van der Waals surface area contributed by atoms with Gasteiger partial charge < -0.3 is 18.9 Å². The van der Waals surface area contributed by atoms with Gasteiger partial charge in [0.25, 0.3) is 0 Å². The first-order chi connectivity index (χ1) is 57.0. The minimum Gasteiger partial charge on any atom is -0.379 e. The second kappa shape index (κ2) is 51.1. The van der Waals surface area contributed by atoms with Crippen molar-refractivity contribution < 1.29 is 18.9 Å². The third-order valence-corrected chi connectivity index (χ3v) is 32.4. The van der Waals surface area contributed by atoms with Gasteiger partial charge in [0.15, 0.2) is 0 Å². The summed E-state index contributed by atoms with van der Waals surface area (Å²) in [4.78, 5) is 0. The fraction of sp³-hybridized carbons (Fsp3) is 0.732. The summed E-state index contributed by atoms with van der Waals surface area (Å²) >= 11 is 0. The number of allylic oxidation sites excluding steroid dienone is 11. The maximum Gasteiger partial charge on any atom is 0.0581 e. The molecule has 3 aromatic rings. The molecule has 0 radical (unpaired) electrons. The van der Waals surface area contributed by atoms with Crippen molar-refractivity contribution >= 4 is 0 Å². The lowest BCUT2D eigenvalue weighted by molar-refractivity contribution is 0.0158. The van der Waals surface area contributed by atoms with E-state index in [0.29, 0.717) is 24.4 Å². The van der Waals surface area contributed by atoms with Crippen molar-refractivity contribution in [3.8, 4) is 0 Å². The van der Waals surface area contributed by atoms with Crippen LogP contribution in [0.2, 0.25) is 0 Å². The maximum absolute atomic E-state index is 5.83. The number of hydrogen-bond acceptors (Lipinski definition) is 4. The second-order valence-corrected chi connectivity index (χ2v) is 39.2. The van der Waals surface area contributed by atoms with Gasteiger partial charge in [-0.05, 0) is 448 Å². The van der Waals surface area contributed by atoms with E-state index in [0.717, 1.165) is 98.4 Å². The molecule has 0 N–H and O–H groups in total. The van der Waals surface area contributed by atoms with Gasteiger partial charge in [-0.25, -0.2) is 0 Å². The lowest BCUT2D eigenvalue weighted by Gasteiger charge is -2.37. The summed E-state index contributed by atoms with van der Waals surface area (Å²) in [6, 6.07) is 28.2. The average Bonchev–Trinajstić information content (AvgIpc) is 0.835. The molecule has 0 bridgehead atoms. The number of benzene rings is 3. The predicted octanol–water partition coefficient (Wildman–Crippen LogP) is 33.1. The van der Waals surface area contributed by atoms with E-state index in [9.17, 15) is 0 Å². The molecule has 12 fully saturated rings. The molecule has 0 atom stereocenters. The highest BCUT2D eigenvalue weighted by molar-refractivity contribution is 5.32. The van der Waals surface area contributed by atoms with Crippen LogP contribution in [0, 0.1) is 41.4 Å². The Balaban J connectivity index is 0.000000143. The summed E-state index contributed by atoms with van der Waals surface area (Å²) in [5, 5.41) is 0. The van der Waals surface area contributed by atoms with Crippen LogP contribution in [0.5, 0.6) is 0 Å². The molecule has 4 nitrogen and oxygen atoms in total. The fourth-order valence-electron chi connectivity index (χ4n) is 24.6. The number of aryl methyl sites for hydroxylation is 3. The molecule has 12 aliphatic rings. The fourth-order valence-corrected chi connectivity index (χ4v) is 24.6. The average molecular weight is 1580 g/mol. The smallest absolute Gasteiger partial charge is 0.0581 e. The zero-order chi connectivity index (χ0) is 81.1. The van der Waals surface area contributed by atoms with Gasteiger partial charge in [-0.3, -0.25) is 0 Å². The first-order valence-corrected chi connectivity index (χ1v) is 50.8. The highest BCUT2D eigenvalue weighted by atomic mass is 16.5. The number of ether oxygens (including phenoxy) is 4. The summed E-state index contributed by atoms with van der Waals surface area (Å²) < 4.78 is 23.2. The molecule has 646 valence electrons. The zero-order valence-corrected chi connectivity index (χ0v) is 76.6. The zero-order valence-electron chi connectivity index (χ0n) is 76.6. The summed E-state index contributed by atoms with van der Waals surface area (Å²) in [6.07, 6.45) is 79.3. The Labute approximate surface area is 714 Å². The van der Waals surface area contributed by atoms with Gasteiger partial charge in [-0.1, -0.05) is 195 Å². The normalized spacial score (nSPS) is 29.7. The van der Waals surface area contributed by atoms with Crippen LogP contribution >= 0.6 is 0 Å². The van der Waals surface area contributed by atoms with Crippen LogP contribution in [-0.2, 0) is 38.2 Å². The van der Waals surface area contributed by atoms with Gasteiger partial charge in [0, 0.05) is 26.4 Å². The SMILES string of the molecule is C=CC1CCC(=C2CCC(c3ccc(CC)cc3)CC2)CC1.CCCC1CCC(=C2CCC(C3CCC(OCC)CC3)CC2)CC1.CCCc1ccc(C2CCC(=C3CCC(OCC)CC3)CC2)cc1.CCOC1CCC(=C2CCC(c3ccc(CC)cc3)CC2)CC1.CCOC1CCC(C2CCC(=C3CCC(CC)CC3)CC2)CC1. The molecule has 0 amide bonds. The van der Waals surface area contributed by atoms with Gasteiger partial charge in [0.05, 0.1) is 24.4 Å². The Morgan fingerprint density at radius 1 is 0.259 bits per heavy atom. The van der Waals surface area contributed by atoms with Crippen molar-refractivity contribution in [1.29, 1.82) is 0 Å². The first kappa shape index (κ1) is 92.7. The molecule has 116 heavy (non-hydrogen) atoms. The van der Waals surface area contributed by atoms with Crippen molar-refractivity contribution in [2.24, 2.45) is 41.4 Å². The lowest BCUT2D eigenvalue weighted by atomic mass is 9.70. The van der Waals surface area contributed by atoms with Crippen molar-refractivity contribution in [3.63, 3.8) is 0 Å². The van der Waals surface area contributed by atoms with Crippen LogP contribution in [0.25, 0.3) is 0 Å². The van der Waals surface area contributed by atoms with Crippen LogP contribution in [0.1, 0.15) is 447 Å². The van der Waals surface area contributed by atoms with Gasteiger partial charge in [0.2, 0.25) is 0 Å². The lowest BCUT2D eigenvalue weighted by Crippen LogP contribution is -2.27. The molecule has 3 aromatic carbocycles. The van der Waals surface area contributed by atoms with Gasteiger partial charge in [0.1, 0.15) is 0 Å². The molecule has 0 aliphatic heterocycles. The van der Waals surface area contributed by atoms with E-state index in [1.807, 2.05) is 27.9 Å². The largest absolute Gasteiger partial charge is 0.379 e. The molecule has 12 aliphatic carbocycles. The van der Waals surface area contributed by atoms with E-state index in [1.165, 1.54) is 357 Å². The molecular formula is C112H174O4. The maximum atomic E-state index is 5.83. The van der Waals surface area contributed by atoms with Crippen molar-refractivity contribution in [2.75, 3.05) is 26.4 Å². The molecule has 15 rings (SSSR count). The van der Waals surface area contributed by atoms with Crippen molar-refractivity contribution in [3.05, 3.63) is 175 Å². The number of hydrogen-bond donors (Lipinski definition) is 0. The van der Waals surface area contributed by atoms with Crippen LogP contribution < -0.4 is 0 Å². The summed E-state index contributed by atoms with van der Waals surface area (Å²) in [7, 11) is 0. The van der Waals surface area contributed by atoms with E-state index >= 15 is 0 Å². The topological polar surface area (TPSA) is 36.9 Å². The van der Waals surface area contributed by atoms with Crippen LogP contribution in [-0.4, -0.2) is 50.8 Å². The van der Waals surface area contributed by atoms with Crippen molar-refractivity contribution in [2.45, 2.75) is 458 Å². The van der Waals surface area contributed by atoms with E-state index < -0.39 is 0 Å². The van der Waals surface area contributed by atoms with Crippen LogP contribution in [0.3, 0.4) is 0 Å². The molecule has 0 unspecified atom stereocenters. The minimum absolute atomic E-state index is 0.525. The Morgan fingerprint density at radius 2 is 0.509 bits per heavy atom. The van der Waals surface area contributed by atoms with Crippen LogP contribution in [0.4, 0.5) is 0 Å². The Bertz CT molecular complexity index is 3340. The van der Waals surface area contributed by atoms with E-state index in [2.05, 4.69) is 148 Å². The summed E-state index contributed by atoms with van der Waals surface area (Å²) in [5.41, 5.74) is 27.4. The van der Waals surface area contributed by atoms with E-state index in [4.69, 9.17) is 18.9 Å². The molecular weight excluding hydrogens is 1410 g/mol. The molecule has 0 aromatic heterocycles. The van der Waals surface area contributed by atoms with Gasteiger partial charge in [-0.2, -0.15) is 0 Å². The third kappa shape index (κ3) is 29.0. The Kier molecular flexibility index (Phi) is 40.8. The quantitative estimate of drug-likeness (QED) is 0.0996. The standard InChI is InChI=1S/C23H40O.C23H34O.C22H38O.C22H32O.C22H30/c2*1-3-5-18-6-8-19(9-7-18)20-10-12-21(13-11-20)22-14-16-23(17-15-22)24-4-2;2*1-3-17-5-7-18(8-6-17)19-9-11-20(12-10-19)21-13-15-22(16-14-21)23-4-2;1-3-17-5-9-19(10-6-17)21-13-15-22(16-14-21)20-11-7-18(4-2)8-12-20/h18,21-23H,3-17H2,1-2H3;6-9,20,23H,3-5,10-17H2,1-2H3;17,20-22H,3-16H2,1-2H3;5-8,19,22H,3-4,9-16H2,1-2H3;3,7-8,11-12,17,22H,1,4-6,9-10,13-16H2,2H3. The molecule has 0 spiro atoms. The number of rotatable bonds is 21. The van der Waals surface area contributed by atoms with E-state index in [-0.39, 0.29) is 0 Å². The summed E-state index contributed by atoms with van der Waals surface area (Å²) in [6.45, 7) is 27.4. The Morgan fingerprint density at radius 3 is 0.776 bits per heavy atom. The molecule has 4 heteroatoms. The minimum atomic E-state index is 0.525. The highest BCUT2D eigenvalue weighted by Crippen LogP contribution is 2.49. The third-order valence-electron chi connectivity index (χ3n) is 32.4. The first-order valence-electron chi connectivity index (χ1n) is 50.8. The predicted molar refractivity (Wildman–Crippen MR) is 499 cm³/mol. The van der Waals surface area contributed by atoms with E-state index in [1.54, 1.807) is 44.6 Å². The van der Waals surface area contributed by atoms with Crippen LogP contribution in [0.15, 0.2) is 141 Å².